The number of nitrogens with two attached hydrogens (primary N) is 4. The highest BCUT2D eigenvalue weighted by molar-refractivity contribution is 6.34. The molecule has 4 nitrogen and oxygen atoms in total. The van der Waals surface area contributed by atoms with Crippen LogP contribution in [0.2, 0.25) is 0 Å². The highest BCUT2D eigenvalue weighted by Crippen LogP contribution is 2.34. The molecule has 0 saturated carbocycles. The quantitative estimate of drug-likeness (QED) is 0.543. The summed E-state index contributed by atoms with van der Waals surface area (Å²) in [5.41, 5.74) is 22.3. The summed E-state index contributed by atoms with van der Waals surface area (Å²) >= 11 is 6.21. The summed E-state index contributed by atoms with van der Waals surface area (Å²) in [4.78, 5) is 0. The van der Waals surface area contributed by atoms with Gasteiger partial charge in [0.1, 0.15) is 11.3 Å². The van der Waals surface area contributed by atoms with Gasteiger partial charge < -0.3 is 22.9 Å². The number of hydrogen-bond donors (Lipinski definition) is 4. The maximum Gasteiger partial charge on any atom is 0.137 e. The highest BCUT2D eigenvalue weighted by Gasteiger charge is 2.44. The van der Waals surface area contributed by atoms with Gasteiger partial charge in [-0.1, -0.05) is 48.0 Å². The maximum atomic E-state index is 6.21. The van der Waals surface area contributed by atoms with E-state index in [0.29, 0.717) is 0 Å². The van der Waals surface area contributed by atoms with Gasteiger partial charge in [0, 0.05) is 0 Å². The predicted octanol–water partition coefficient (Wildman–Crippen LogP) is 0.434. The van der Waals surface area contributed by atoms with Crippen LogP contribution in [-0.4, -0.2) is 11.3 Å². The summed E-state index contributed by atoms with van der Waals surface area (Å²) < 4.78 is 0. The fraction of sp³-hybridized carbons (Fsp3) is 0.167. The molecule has 0 saturated heterocycles. The molecule has 0 unspecified atom stereocenters. The van der Waals surface area contributed by atoms with Crippen LogP contribution in [0.4, 0.5) is 0 Å². The van der Waals surface area contributed by atoms with Gasteiger partial charge in [-0.2, -0.15) is 0 Å². The smallest absolute Gasteiger partial charge is 0.137 e. The standard InChI is InChI=1S/C12H15ClN4/c13-10-9(8-4-2-1-3-5-8)6-7-11(14,15)12(10,16)17/h1-7H,14-17H2. The molecule has 2 rings (SSSR count). The van der Waals surface area contributed by atoms with Crippen molar-refractivity contribution < 1.29 is 0 Å². The summed E-state index contributed by atoms with van der Waals surface area (Å²) in [6.45, 7) is 0. The van der Waals surface area contributed by atoms with Gasteiger partial charge in [-0.25, -0.2) is 0 Å². The molecule has 1 aromatic rings. The lowest BCUT2D eigenvalue weighted by molar-refractivity contribution is 0.342. The van der Waals surface area contributed by atoms with E-state index in [-0.39, 0.29) is 5.03 Å². The van der Waals surface area contributed by atoms with Gasteiger partial charge in [-0.05, 0) is 17.2 Å². The fourth-order valence-electron chi connectivity index (χ4n) is 1.69. The first kappa shape index (κ1) is 12.3. The lowest BCUT2D eigenvalue weighted by Gasteiger charge is -2.41. The number of hydrogen-bond acceptors (Lipinski definition) is 4. The third-order valence-corrected chi connectivity index (χ3v) is 3.44. The number of halogens is 1. The largest absolute Gasteiger partial charge is 0.307 e. The van der Waals surface area contributed by atoms with Gasteiger partial charge in [0.15, 0.2) is 0 Å². The average Bonchev–Trinajstić information content (AvgIpc) is 2.28. The second-order valence-corrected chi connectivity index (χ2v) is 4.61. The van der Waals surface area contributed by atoms with E-state index in [0.717, 1.165) is 11.1 Å². The zero-order valence-electron chi connectivity index (χ0n) is 9.23. The van der Waals surface area contributed by atoms with Crippen molar-refractivity contribution in [2.45, 2.75) is 11.3 Å². The molecule has 8 N–H and O–H groups in total. The number of allylic oxidation sites excluding steroid dienone is 2. The molecule has 0 amide bonds. The van der Waals surface area contributed by atoms with Crippen molar-refractivity contribution in [3.05, 3.63) is 53.1 Å². The molecule has 0 aromatic heterocycles. The van der Waals surface area contributed by atoms with Crippen LogP contribution in [0.15, 0.2) is 47.5 Å². The summed E-state index contributed by atoms with van der Waals surface area (Å²) in [5, 5.41) is 0.260. The summed E-state index contributed by atoms with van der Waals surface area (Å²) in [7, 11) is 0. The van der Waals surface area contributed by atoms with Gasteiger partial charge in [0.25, 0.3) is 0 Å². The summed E-state index contributed by atoms with van der Waals surface area (Å²) in [6.07, 6.45) is 3.32. The Morgan fingerprint density at radius 3 is 2.12 bits per heavy atom. The van der Waals surface area contributed by atoms with Gasteiger partial charge >= 0.3 is 0 Å². The van der Waals surface area contributed by atoms with Gasteiger partial charge in [0.05, 0.1) is 5.03 Å². The SMILES string of the molecule is NC1(N)C=CC(c2ccccc2)=C(Cl)C1(N)N. The van der Waals surface area contributed by atoms with E-state index >= 15 is 0 Å². The molecule has 17 heavy (non-hydrogen) atoms. The molecule has 1 aliphatic rings. The minimum Gasteiger partial charge on any atom is -0.307 e. The third kappa shape index (κ3) is 1.90. The molecule has 0 atom stereocenters. The molecular formula is C12H15ClN4. The Hall–Kier alpha value is -1.17. The lowest BCUT2D eigenvalue weighted by Crippen LogP contribution is -2.76. The second-order valence-electron chi connectivity index (χ2n) is 4.23. The Kier molecular flexibility index (Phi) is 2.85. The molecule has 90 valence electrons. The summed E-state index contributed by atoms with van der Waals surface area (Å²) in [5.74, 6) is 0. The number of benzene rings is 1. The van der Waals surface area contributed by atoms with Crippen LogP contribution in [-0.2, 0) is 0 Å². The first-order chi connectivity index (χ1) is 7.86. The van der Waals surface area contributed by atoms with Gasteiger partial charge in [0.2, 0.25) is 0 Å². The third-order valence-electron chi connectivity index (χ3n) is 2.93. The van der Waals surface area contributed by atoms with Crippen molar-refractivity contribution in [1.29, 1.82) is 0 Å². The first-order valence-electron chi connectivity index (χ1n) is 5.17. The monoisotopic (exact) mass is 250 g/mol. The Morgan fingerprint density at radius 1 is 0.941 bits per heavy atom. The molecule has 0 radical (unpaired) electrons. The molecule has 0 bridgehead atoms. The van der Waals surface area contributed by atoms with Crippen LogP contribution in [0.5, 0.6) is 0 Å². The fourth-order valence-corrected chi connectivity index (χ4v) is 2.02. The van der Waals surface area contributed by atoms with Crippen LogP contribution in [0.1, 0.15) is 5.56 Å². The molecule has 1 aromatic carbocycles. The Balaban J connectivity index is 2.55. The van der Waals surface area contributed by atoms with Crippen molar-refractivity contribution in [3.8, 4) is 0 Å². The molecule has 0 fully saturated rings. The van der Waals surface area contributed by atoms with E-state index < -0.39 is 11.3 Å². The van der Waals surface area contributed by atoms with E-state index in [1.807, 2.05) is 30.3 Å². The minimum atomic E-state index is -1.48. The van der Waals surface area contributed by atoms with Crippen LogP contribution in [0.3, 0.4) is 0 Å². The normalized spacial score (nSPS) is 21.7. The van der Waals surface area contributed by atoms with Crippen molar-refractivity contribution in [3.63, 3.8) is 0 Å². The van der Waals surface area contributed by atoms with E-state index in [2.05, 4.69) is 0 Å². The second kappa shape index (κ2) is 3.94. The zero-order valence-corrected chi connectivity index (χ0v) is 9.98. The Labute approximate surface area is 105 Å². The van der Waals surface area contributed by atoms with E-state index in [9.17, 15) is 0 Å². The van der Waals surface area contributed by atoms with E-state index in [1.54, 1.807) is 12.2 Å². The van der Waals surface area contributed by atoms with Crippen molar-refractivity contribution in [2.75, 3.05) is 0 Å². The van der Waals surface area contributed by atoms with Crippen LogP contribution >= 0.6 is 11.6 Å². The van der Waals surface area contributed by atoms with Crippen LogP contribution < -0.4 is 22.9 Å². The zero-order chi connectivity index (χ0) is 12.7. The van der Waals surface area contributed by atoms with Gasteiger partial charge in [-0.15, -0.1) is 0 Å². The Bertz CT molecular complexity index is 488. The molecular weight excluding hydrogens is 236 g/mol. The first-order valence-corrected chi connectivity index (χ1v) is 5.54. The van der Waals surface area contributed by atoms with Crippen molar-refractivity contribution >= 4 is 17.2 Å². The highest BCUT2D eigenvalue weighted by atomic mass is 35.5. The predicted molar refractivity (Wildman–Crippen MR) is 70.6 cm³/mol. The van der Waals surface area contributed by atoms with Crippen molar-refractivity contribution in [2.24, 2.45) is 22.9 Å². The molecule has 1 aliphatic carbocycles. The van der Waals surface area contributed by atoms with E-state index in [1.165, 1.54) is 0 Å². The molecule has 0 aliphatic heterocycles. The van der Waals surface area contributed by atoms with E-state index in [4.69, 9.17) is 34.5 Å². The van der Waals surface area contributed by atoms with Crippen LogP contribution in [0.25, 0.3) is 5.57 Å². The average molecular weight is 251 g/mol. The Morgan fingerprint density at radius 2 is 1.53 bits per heavy atom. The molecule has 0 spiro atoms. The minimum absolute atomic E-state index is 0.260. The molecule has 5 heteroatoms. The lowest BCUT2D eigenvalue weighted by atomic mass is 9.85. The molecule has 0 heterocycles. The summed E-state index contributed by atoms with van der Waals surface area (Å²) in [6, 6.07) is 9.55. The van der Waals surface area contributed by atoms with Gasteiger partial charge in [-0.3, -0.25) is 0 Å². The maximum absolute atomic E-state index is 6.21. The topological polar surface area (TPSA) is 104 Å². The van der Waals surface area contributed by atoms with Crippen molar-refractivity contribution in [1.82, 2.24) is 0 Å². The van der Waals surface area contributed by atoms with Crippen LogP contribution in [0, 0.1) is 0 Å². The number of rotatable bonds is 1.